The minimum absolute atomic E-state index is 0.398. The predicted octanol–water partition coefficient (Wildman–Crippen LogP) is 2.13. The summed E-state index contributed by atoms with van der Waals surface area (Å²) >= 11 is 0. The van der Waals surface area contributed by atoms with Gasteiger partial charge in [-0.2, -0.15) is 0 Å². The fourth-order valence-corrected chi connectivity index (χ4v) is 2.15. The van der Waals surface area contributed by atoms with Crippen LogP contribution in [0.1, 0.15) is 21.5 Å². The van der Waals surface area contributed by atoms with Crippen molar-refractivity contribution in [2.24, 2.45) is 5.73 Å². The van der Waals surface area contributed by atoms with Crippen LogP contribution in [0.3, 0.4) is 0 Å². The fraction of sp³-hybridized carbons (Fsp3) is 0.235. The van der Waals surface area contributed by atoms with Gasteiger partial charge in [0.25, 0.3) is 0 Å². The SMILES string of the molecule is COc1ccccc1CCNCc1ccc(C(N)=O)cc1. The van der Waals surface area contributed by atoms with E-state index in [0.717, 1.165) is 30.8 Å². The average Bonchev–Trinajstić information content (AvgIpc) is 2.52. The number of hydrogen-bond donors (Lipinski definition) is 2. The minimum Gasteiger partial charge on any atom is -0.496 e. The zero-order chi connectivity index (χ0) is 15.1. The molecule has 0 fully saturated rings. The Morgan fingerprint density at radius 1 is 1.14 bits per heavy atom. The molecule has 2 aromatic rings. The molecule has 0 spiro atoms. The van der Waals surface area contributed by atoms with Crippen LogP contribution >= 0.6 is 0 Å². The van der Waals surface area contributed by atoms with E-state index in [2.05, 4.69) is 11.4 Å². The maximum atomic E-state index is 11.0. The number of nitrogens with two attached hydrogens (primary N) is 1. The first-order valence-electron chi connectivity index (χ1n) is 6.92. The summed E-state index contributed by atoms with van der Waals surface area (Å²) in [6.45, 7) is 1.62. The van der Waals surface area contributed by atoms with Crippen LogP contribution in [0.5, 0.6) is 5.75 Å². The Labute approximate surface area is 124 Å². The van der Waals surface area contributed by atoms with Crippen LogP contribution in [0.25, 0.3) is 0 Å². The number of amides is 1. The summed E-state index contributed by atoms with van der Waals surface area (Å²) in [5.74, 6) is 0.524. The molecule has 110 valence electrons. The number of benzene rings is 2. The summed E-state index contributed by atoms with van der Waals surface area (Å²) in [6.07, 6.45) is 0.906. The summed E-state index contributed by atoms with van der Waals surface area (Å²) in [6, 6.07) is 15.3. The summed E-state index contributed by atoms with van der Waals surface area (Å²) in [4.78, 5) is 11.0. The van der Waals surface area contributed by atoms with Gasteiger partial charge in [0.2, 0.25) is 5.91 Å². The first-order valence-corrected chi connectivity index (χ1v) is 6.92. The fourth-order valence-electron chi connectivity index (χ4n) is 2.15. The van der Waals surface area contributed by atoms with Crippen molar-refractivity contribution in [1.82, 2.24) is 5.32 Å². The highest BCUT2D eigenvalue weighted by Crippen LogP contribution is 2.17. The van der Waals surface area contributed by atoms with Gasteiger partial charge in [0.05, 0.1) is 7.11 Å². The van der Waals surface area contributed by atoms with Crippen molar-refractivity contribution in [2.75, 3.05) is 13.7 Å². The van der Waals surface area contributed by atoms with Crippen molar-refractivity contribution in [2.45, 2.75) is 13.0 Å². The Morgan fingerprint density at radius 2 is 1.86 bits per heavy atom. The topological polar surface area (TPSA) is 64.3 Å². The molecule has 0 saturated carbocycles. The molecule has 0 bridgehead atoms. The average molecular weight is 284 g/mol. The third-order valence-corrected chi connectivity index (χ3v) is 3.33. The molecule has 2 rings (SSSR count). The molecular weight excluding hydrogens is 264 g/mol. The summed E-state index contributed by atoms with van der Waals surface area (Å²) in [5, 5.41) is 3.38. The van der Waals surface area contributed by atoms with Gasteiger partial charge in [-0.25, -0.2) is 0 Å². The van der Waals surface area contributed by atoms with Gasteiger partial charge >= 0.3 is 0 Å². The number of hydrogen-bond acceptors (Lipinski definition) is 3. The number of nitrogens with one attached hydrogen (secondary N) is 1. The van der Waals surface area contributed by atoms with Crippen LogP contribution in [0.15, 0.2) is 48.5 Å². The van der Waals surface area contributed by atoms with E-state index in [-0.39, 0.29) is 0 Å². The second kappa shape index (κ2) is 7.45. The number of rotatable bonds is 7. The first-order chi connectivity index (χ1) is 10.2. The van der Waals surface area contributed by atoms with Crippen molar-refractivity contribution in [3.63, 3.8) is 0 Å². The molecule has 0 aliphatic rings. The number of para-hydroxylation sites is 1. The van der Waals surface area contributed by atoms with Gasteiger partial charge in [0.1, 0.15) is 5.75 Å². The molecule has 2 aromatic carbocycles. The third kappa shape index (κ3) is 4.33. The number of primary amides is 1. The second-order valence-corrected chi connectivity index (χ2v) is 4.80. The van der Waals surface area contributed by atoms with E-state index in [1.54, 1.807) is 19.2 Å². The van der Waals surface area contributed by atoms with Crippen LogP contribution in [-0.4, -0.2) is 19.6 Å². The highest BCUT2D eigenvalue weighted by Gasteiger charge is 2.02. The molecule has 0 radical (unpaired) electrons. The van der Waals surface area contributed by atoms with Crippen molar-refractivity contribution >= 4 is 5.91 Å². The summed E-state index contributed by atoms with van der Waals surface area (Å²) < 4.78 is 5.32. The maximum absolute atomic E-state index is 11.0. The molecule has 3 N–H and O–H groups in total. The molecule has 1 amide bonds. The number of carbonyl (C=O) groups is 1. The number of carbonyl (C=O) groups excluding carboxylic acids is 1. The molecule has 0 saturated heterocycles. The van der Waals surface area contributed by atoms with E-state index in [1.165, 1.54) is 5.56 Å². The highest BCUT2D eigenvalue weighted by atomic mass is 16.5. The van der Waals surface area contributed by atoms with Gasteiger partial charge in [-0.15, -0.1) is 0 Å². The van der Waals surface area contributed by atoms with Gasteiger partial charge in [-0.05, 0) is 42.3 Å². The van der Waals surface area contributed by atoms with Crippen LogP contribution in [0, 0.1) is 0 Å². The Hall–Kier alpha value is -2.33. The second-order valence-electron chi connectivity index (χ2n) is 4.80. The Balaban J connectivity index is 1.80. The molecule has 0 aliphatic carbocycles. The van der Waals surface area contributed by atoms with Gasteiger partial charge in [0.15, 0.2) is 0 Å². The lowest BCUT2D eigenvalue weighted by atomic mass is 10.1. The lowest BCUT2D eigenvalue weighted by Gasteiger charge is -2.09. The van der Waals surface area contributed by atoms with Crippen molar-refractivity contribution in [3.05, 3.63) is 65.2 Å². The standard InChI is InChI=1S/C17H20N2O2/c1-21-16-5-3-2-4-14(16)10-11-19-12-13-6-8-15(9-7-13)17(18)20/h2-9,19H,10-12H2,1H3,(H2,18,20). The molecule has 21 heavy (non-hydrogen) atoms. The Bertz CT molecular complexity index is 594. The quantitative estimate of drug-likeness (QED) is 0.766. The van der Waals surface area contributed by atoms with Crippen molar-refractivity contribution < 1.29 is 9.53 Å². The van der Waals surface area contributed by atoms with E-state index in [9.17, 15) is 4.79 Å². The molecule has 0 aromatic heterocycles. The molecule has 0 aliphatic heterocycles. The monoisotopic (exact) mass is 284 g/mol. The van der Waals surface area contributed by atoms with Crippen LogP contribution in [0.2, 0.25) is 0 Å². The molecular formula is C17H20N2O2. The lowest BCUT2D eigenvalue weighted by Crippen LogP contribution is -2.17. The van der Waals surface area contributed by atoms with E-state index < -0.39 is 5.91 Å². The number of methoxy groups -OCH3 is 1. The normalized spacial score (nSPS) is 10.3. The lowest BCUT2D eigenvalue weighted by molar-refractivity contribution is 0.100. The van der Waals surface area contributed by atoms with E-state index >= 15 is 0 Å². The van der Waals surface area contributed by atoms with Crippen LogP contribution in [-0.2, 0) is 13.0 Å². The zero-order valence-corrected chi connectivity index (χ0v) is 12.1. The van der Waals surface area contributed by atoms with Crippen molar-refractivity contribution in [3.8, 4) is 5.75 Å². The van der Waals surface area contributed by atoms with Crippen molar-refractivity contribution in [1.29, 1.82) is 0 Å². The number of ether oxygens (including phenoxy) is 1. The molecule has 0 heterocycles. The molecule has 4 nitrogen and oxygen atoms in total. The highest BCUT2D eigenvalue weighted by molar-refractivity contribution is 5.92. The molecule has 0 unspecified atom stereocenters. The van der Waals surface area contributed by atoms with Gasteiger partial charge in [-0.3, -0.25) is 4.79 Å². The summed E-state index contributed by atoms with van der Waals surface area (Å²) in [7, 11) is 1.69. The van der Waals surface area contributed by atoms with Crippen LogP contribution < -0.4 is 15.8 Å². The largest absolute Gasteiger partial charge is 0.496 e. The summed E-state index contributed by atoms with van der Waals surface area (Å²) in [5.41, 5.74) is 8.06. The Kier molecular flexibility index (Phi) is 5.35. The van der Waals surface area contributed by atoms with E-state index in [0.29, 0.717) is 5.56 Å². The van der Waals surface area contributed by atoms with Gasteiger partial charge in [0, 0.05) is 12.1 Å². The smallest absolute Gasteiger partial charge is 0.248 e. The zero-order valence-electron chi connectivity index (χ0n) is 12.1. The predicted molar refractivity (Wildman–Crippen MR) is 83.4 cm³/mol. The minimum atomic E-state index is -0.398. The van der Waals surface area contributed by atoms with E-state index in [1.807, 2.05) is 30.3 Å². The third-order valence-electron chi connectivity index (χ3n) is 3.33. The van der Waals surface area contributed by atoms with Crippen LogP contribution in [0.4, 0.5) is 0 Å². The van der Waals surface area contributed by atoms with E-state index in [4.69, 9.17) is 10.5 Å². The maximum Gasteiger partial charge on any atom is 0.248 e. The Morgan fingerprint density at radius 3 is 2.52 bits per heavy atom. The van der Waals surface area contributed by atoms with Gasteiger partial charge in [-0.1, -0.05) is 30.3 Å². The van der Waals surface area contributed by atoms with Gasteiger partial charge < -0.3 is 15.8 Å². The molecule has 4 heteroatoms. The molecule has 0 atom stereocenters. The first kappa shape index (κ1) is 15.1.